The number of carbonyl (C=O) groups excluding carboxylic acids is 1. The van der Waals surface area contributed by atoms with Crippen molar-refractivity contribution in [3.63, 3.8) is 0 Å². The molecule has 4 heteroatoms. The lowest BCUT2D eigenvalue weighted by molar-refractivity contribution is -0.133. The minimum atomic E-state index is -0.0573. The molecule has 0 bridgehead atoms. The van der Waals surface area contributed by atoms with Crippen LogP contribution in [-0.2, 0) is 11.3 Å². The van der Waals surface area contributed by atoms with Gasteiger partial charge in [0, 0.05) is 45.2 Å². The van der Waals surface area contributed by atoms with Crippen LogP contribution in [0.4, 0.5) is 0 Å². The Morgan fingerprint density at radius 1 is 1.33 bits per heavy atom. The molecule has 0 aromatic heterocycles. The second kappa shape index (κ2) is 7.57. The Balaban J connectivity index is 1.79. The van der Waals surface area contributed by atoms with Crippen molar-refractivity contribution in [2.24, 2.45) is 5.73 Å². The van der Waals surface area contributed by atoms with E-state index >= 15 is 0 Å². The Morgan fingerprint density at radius 2 is 1.95 bits per heavy atom. The molecule has 1 aliphatic heterocycles. The van der Waals surface area contributed by atoms with Gasteiger partial charge >= 0.3 is 0 Å². The first-order valence-corrected chi connectivity index (χ1v) is 7.84. The number of carbonyl (C=O) groups is 1. The fraction of sp³-hybridized carbons (Fsp3) is 0.588. The molecule has 0 aliphatic carbocycles. The SMILES string of the molecule is CC(N)CC(=O)N(C)C1CCN(Cc2ccccc2)CC1. The van der Waals surface area contributed by atoms with Crippen molar-refractivity contribution in [2.75, 3.05) is 20.1 Å². The second-order valence-electron chi connectivity index (χ2n) is 6.18. The number of hydrogen-bond acceptors (Lipinski definition) is 3. The number of nitrogens with two attached hydrogens (primary N) is 1. The van der Waals surface area contributed by atoms with Gasteiger partial charge in [-0.3, -0.25) is 9.69 Å². The molecular formula is C17H27N3O. The molecule has 1 amide bonds. The summed E-state index contributed by atoms with van der Waals surface area (Å²) in [6, 6.07) is 10.9. The van der Waals surface area contributed by atoms with E-state index in [-0.39, 0.29) is 11.9 Å². The molecule has 116 valence electrons. The highest BCUT2D eigenvalue weighted by molar-refractivity contribution is 5.76. The van der Waals surface area contributed by atoms with E-state index in [9.17, 15) is 4.79 Å². The molecule has 1 atom stereocenters. The van der Waals surface area contributed by atoms with Crippen LogP contribution >= 0.6 is 0 Å². The maximum Gasteiger partial charge on any atom is 0.224 e. The van der Waals surface area contributed by atoms with E-state index < -0.39 is 0 Å². The van der Waals surface area contributed by atoms with E-state index in [1.54, 1.807) is 0 Å². The molecule has 0 spiro atoms. The summed E-state index contributed by atoms with van der Waals surface area (Å²) >= 11 is 0. The zero-order valence-electron chi connectivity index (χ0n) is 13.2. The fourth-order valence-electron chi connectivity index (χ4n) is 2.93. The van der Waals surface area contributed by atoms with Crippen molar-refractivity contribution in [3.8, 4) is 0 Å². The van der Waals surface area contributed by atoms with Gasteiger partial charge < -0.3 is 10.6 Å². The predicted octanol–water partition coefficient (Wildman–Crippen LogP) is 1.85. The van der Waals surface area contributed by atoms with Gasteiger partial charge in [-0.25, -0.2) is 0 Å². The van der Waals surface area contributed by atoms with Crippen LogP contribution in [0.2, 0.25) is 0 Å². The summed E-state index contributed by atoms with van der Waals surface area (Å²) in [5.74, 6) is 0.173. The quantitative estimate of drug-likeness (QED) is 0.900. The summed E-state index contributed by atoms with van der Waals surface area (Å²) in [5, 5.41) is 0. The topological polar surface area (TPSA) is 49.6 Å². The van der Waals surface area contributed by atoms with Crippen molar-refractivity contribution in [2.45, 2.75) is 44.8 Å². The van der Waals surface area contributed by atoms with E-state index in [4.69, 9.17) is 5.73 Å². The molecule has 0 radical (unpaired) electrons. The summed E-state index contributed by atoms with van der Waals surface area (Å²) in [6.07, 6.45) is 2.54. The highest BCUT2D eigenvalue weighted by Gasteiger charge is 2.25. The van der Waals surface area contributed by atoms with Crippen LogP contribution in [0.25, 0.3) is 0 Å². The number of hydrogen-bond donors (Lipinski definition) is 1. The zero-order valence-corrected chi connectivity index (χ0v) is 13.2. The van der Waals surface area contributed by atoms with Crippen LogP contribution < -0.4 is 5.73 Å². The molecule has 1 saturated heterocycles. The Labute approximate surface area is 127 Å². The summed E-state index contributed by atoms with van der Waals surface area (Å²) in [4.78, 5) is 16.4. The lowest BCUT2D eigenvalue weighted by Crippen LogP contribution is -2.46. The van der Waals surface area contributed by atoms with Crippen LogP contribution in [0, 0.1) is 0 Å². The van der Waals surface area contributed by atoms with E-state index in [1.807, 2.05) is 18.9 Å². The van der Waals surface area contributed by atoms with Gasteiger partial charge in [-0.2, -0.15) is 0 Å². The minimum absolute atomic E-state index is 0.0573. The maximum absolute atomic E-state index is 12.1. The Morgan fingerprint density at radius 3 is 2.52 bits per heavy atom. The van der Waals surface area contributed by atoms with Gasteiger partial charge in [-0.15, -0.1) is 0 Å². The van der Waals surface area contributed by atoms with Crippen LogP contribution in [0.3, 0.4) is 0 Å². The average Bonchev–Trinajstić information content (AvgIpc) is 2.47. The number of benzene rings is 1. The molecular weight excluding hydrogens is 262 g/mol. The van der Waals surface area contributed by atoms with E-state index in [1.165, 1.54) is 5.56 Å². The molecule has 1 unspecified atom stereocenters. The van der Waals surface area contributed by atoms with Crippen molar-refractivity contribution >= 4 is 5.91 Å². The normalized spacial score (nSPS) is 18.4. The lowest BCUT2D eigenvalue weighted by Gasteiger charge is -2.37. The third-order valence-electron chi connectivity index (χ3n) is 4.24. The first-order valence-electron chi connectivity index (χ1n) is 7.84. The number of amides is 1. The molecule has 1 heterocycles. The van der Waals surface area contributed by atoms with Gasteiger partial charge in [0.15, 0.2) is 0 Å². The smallest absolute Gasteiger partial charge is 0.224 e. The van der Waals surface area contributed by atoms with Crippen molar-refractivity contribution in [1.29, 1.82) is 0 Å². The van der Waals surface area contributed by atoms with Crippen LogP contribution in [0.1, 0.15) is 31.7 Å². The zero-order chi connectivity index (χ0) is 15.2. The van der Waals surface area contributed by atoms with Crippen LogP contribution in [0.5, 0.6) is 0 Å². The van der Waals surface area contributed by atoms with Gasteiger partial charge in [0.2, 0.25) is 5.91 Å². The summed E-state index contributed by atoms with van der Waals surface area (Å²) in [6.45, 7) is 4.99. The van der Waals surface area contributed by atoms with E-state index in [0.29, 0.717) is 12.5 Å². The van der Waals surface area contributed by atoms with E-state index in [0.717, 1.165) is 32.5 Å². The molecule has 1 fully saturated rings. The third kappa shape index (κ3) is 4.83. The standard InChI is InChI=1S/C17H27N3O/c1-14(18)12-17(21)19(2)16-8-10-20(11-9-16)13-15-6-4-3-5-7-15/h3-7,14,16H,8-13,18H2,1-2H3. The van der Waals surface area contributed by atoms with Crippen LogP contribution in [0.15, 0.2) is 30.3 Å². The Bertz CT molecular complexity index is 439. The average molecular weight is 289 g/mol. The summed E-state index contributed by atoms with van der Waals surface area (Å²) < 4.78 is 0. The molecule has 2 N–H and O–H groups in total. The molecule has 21 heavy (non-hydrogen) atoms. The summed E-state index contributed by atoms with van der Waals surface area (Å²) in [5.41, 5.74) is 7.07. The first kappa shape index (κ1) is 16.0. The van der Waals surface area contributed by atoms with Gasteiger partial charge in [0.25, 0.3) is 0 Å². The number of piperidine rings is 1. The van der Waals surface area contributed by atoms with Crippen molar-refractivity contribution in [3.05, 3.63) is 35.9 Å². The summed E-state index contributed by atoms with van der Waals surface area (Å²) in [7, 11) is 1.92. The Hall–Kier alpha value is -1.39. The maximum atomic E-state index is 12.1. The predicted molar refractivity (Wildman–Crippen MR) is 85.8 cm³/mol. The van der Waals surface area contributed by atoms with Crippen LogP contribution in [-0.4, -0.2) is 47.9 Å². The third-order valence-corrected chi connectivity index (χ3v) is 4.24. The molecule has 4 nitrogen and oxygen atoms in total. The number of likely N-dealkylation sites (tertiary alicyclic amines) is 1. The minimum Gasteiger partial charge on any atom is -0.343 e. The molecule has 1 aromatic carbocycles. The molecule has 2 rings (SSSR count). The van der Waals surface area contributed by atoms with Gasteiger partial charge in [0.1, 0.15) is 0 Å². The molecule has 1 aromatic rings. The Kier molecular flexibility index (Phi) is 5.76. The van der Waals surface area contributed by atoms with Crippen molar-refractivity contribution in [1.82, 2.24) is 9.80 Å². The van der Waals surface area contributed by atoms with Gasteiger partial charge in [-0.1, -0.05) is 30.3 Å². The first-order chi connectivity index (χ1) is 10.1. The van der Waals surface area contributed by atoms with Crippen molar-refractivity contribution < 1.29 is 4.79 Å². The van der Waals surface area contributed by atoms with Gasteiger partial charge in [-0.05, 0) is 25.3 Å². The monoisotopic (exact) mass is 289 g/mol. The van der Waals surface area contributed by atoms with Gasteiger partial charge in [0.05, 0.1) is 0 Å². The second-order valence-corrected chi connectivity index (χ2v) is 6.18. The highest BCUT2D eigenvalue weighted by Crippen LogP contribution is 2.18. The number of nitrogens with zero attached hydrogens (tertiary/aromatic N) is 2. The number of rotatable bonds is 5. The largest absolute Gasteiger partial charge is 0.343 e. The highest BCUT2D eigenvalue weighted by atomic mass is 16.2. The molecule has 0 saturated carbocycles. The fourth-order valence-corrected chi connectivity index (χ4v) is 2.93. The lowest BCUT2D eigenvalue weighted by atomic mass is 10.0. The van der Waals surface area contributed by atoms with E-state index in [2.05, 4.69) is 35.2 Å². The molecule has 1 aliphatic rings.